The van der Waals surface area contributed by atoms with E-state index in [2.05, 4.69) is 5.32 Å². The summed E-state index contributed by atoms with van der Waals surface area (Å²) in [6, 6.07) is 25.6. The van der Waals surface area contributed by atoms with Crippen LogP contribution in [0.5, 0.6) is 5.75 Å². The first-order chi connectivity index (χ1) is 25.4. The summed E-state index contributed by atoms with van der Waals surface area (Å²) in [5, 5.41) is 2.52. The second-order valence-electron chi connectivity index (χ2n) is 11.8. The van der Waals surface area contributed by atoms with Crippen molar-refractivity contribution >= 4 is 32.6 Å². The summed E-state index contributed by atoms with van der Waals surface area (Å²) >= 11 is 0. The number of rotatable bonds is 25. The number of para-hydroxylation sites is 1. The van der Waals surface area contributed by atoms with Gasteiger partial charge in [0.05, 0.1) is 13.2 Å². The Morgan fingerprint density at radius 2 is 1.15 bits per heavy atom. The molecule has 0 aromatic heterocycles. The number of carbonyl (C=O) groups excluding carboxylic acids is 4. The number of esters is 3. The van der Waals surface area contributed by atoms with E-state index in [0.29, 0.717) is 18.6 Å². The van der Waals surface area contributed by atoms with Gasteiger partial charge >= 0.3 is 32.6 Å². The Labute approximate surface area is 307 Å². The van der Waals surface area contributed by atoms with Crippen LogP contribution in [0.1, 0.15) is 76.3 Å². The van der Waals surface area contributed by atoms with Crippen LogP contribution in [0.15, 0.2) is 91.0 Å². The molecule has 52 heavy (non-hydrogen) atoms. The first kappa shape index (κ1) is 41.9. The largest absolute Gasteiger partial charge is 0.462 e. The van der Waals surface area contributed by atoms with Crippen molar-refractivity contribution in [1.29, 1.82) is 0 Å². The lowest BCUT2D eigenvalue weighted by Crippen LogP contribution is -2.45. The van der Waals surface area contributed by atoms with Gasteiger partial charge in [-0.2, -0.15) is 0 Å². The number of unbranched alkanes of at least 4 members (excludes halogenated alkanes) is 4. The maximum atomic E-state index is 13.3. The third kappa shape index (κ3) is 18.1. The van der Waals surface area contributed by atoms with Crippen molar-refractivity contribution in [1.82, 2.24) is 5.32 Å². The average molecular weight is 740 g/mol. The van der Waals surface area contributed by atoms with E-state index in [1.54, 1.807) is 48.5 Å². The molecule has 3 rings (SSSR count). The van der Waals surface area contributed by atoms with E-state index in [0.717, 1.165) is 36.8 Å². The van der Waals surface area contributed by atoms with E-state index in [4.69, 9.17) is 32.5 Å². The molecule has 12 nitrogen and oxygen atoms in total. The molecule has 0 spiro atoms. The van der Waals surface area contributed by atoms with Gasteiger partial charge < -0.3 is 28.8 Å². The molecule has 0 heterocycles. The van der Waals surface area contributed by atoms with Crippen molar-refractivity contribution < 1.29 is 51.7 Å². The highest BCUT2D eigenvalue weighted by Gasteiger charge is 2.29. The van der Waals surface area contributed by atoms with Crippen molar-refractivity contribution in [2.75, 3.05) is 19.8 Å². The number of ether oxygens (including phenoxy) is 4. The zero-order valence-electron chi connectivity index (χ0n) is 29.9. The number of hydrogen-bond donors (Lipinski definition) is 1. The van der Waals surface area contributed by atoms with Gasteiger partial charge in [0.25, 0.3) is 0 Å². The van der Waals surface area contributed by atoms with E-state index in [-0.39, 0.29) is 39.3 Å². The Hall–Kier alpha value is -4.51. The fraction of sp³-hybridized carbons (Fsp3) is 0.436. The van der Waals surface area contributed by atoms with Gasteiger partial charge in [-0.25, -0.2) is 9.59 Å². The lowest BCUT2D eigenvalue weighted by atomic mass is 10.2. The fourth-order valence-corrected chi connectivity index (χ4v) is 5.53. The van der Waals surface area contributed by atoms with Gasteiger partial charge in [0.15, 0.2) is 12.1 Å². The summed E-state index contributed by atoms with van der Waals surface area (Å²) in [6.07, 6.45) is 3.67. The number of amides is 1. The summed E-state index contributed by atoms with van der Waals surface area (Å²) < 4.78 is 39.9. The summed E-state index contributed by atoms with van der Waals surface area (Å²) in [4.78, 5) is 51.1. The van der Waals surface area contributed by atoms with E-state index in [9.17, 15) is 19.2 Å². The molecule has 0 aliphatic carbocycles. The smallest absolute Gasteiger partial charge is 0.408 e. The van der Waals surface area contributed by atoms with Crippen LogP contribution in [0.25, 0.3) is 0 Å². The Kier molecular flexibility index (Phi) is 20.5. The Morgan fingerprint density at radius 3 is 1.75 bits per heavy atom. The molecule has 3 aromatic rings. The lowest BCUT2D eigenvalue weighted by Gasteiger charge is -2.23. The molecule has 0 aliphatic rings. The number of alkyl carbamates (subject to hydrolysis) is 1. The molecular formula is C39H50NO11P. The van der Waals surface area contributed by atoms with Crippen LogP contribution in [-0.4, -0.2) is 56.0 Å². The summed E-state index contributed by atoms with van der Waals surface area (Å²) in [5.41, 5.74) is 1.51. The Balaban J connectivity index is 1.71. The standard InChI is InChI=1S/C39H50NO11P/c1-3-5-10-24-36(41)45-28-34(50-37(42)25-11-6-4-2)29-48-52(51-33-22-16-9-17-23-33)49-30-35(38(43)46-26-31-18-12-7-13-19-31)40-39(44)47-27-32-20-14-8-15-21-32/h7-9,12-23,34-35H,3-6,10-11,24-30H2,1-2H3,(H,40,44)/t34-,35+,52?/m1/s1. The summed E-state index contributed by atoms with van der Waals surface area (Å²) in [6.45, 7) is 3.14. The van der Waals surface area contributed by atoms with Crippen LogP contribution in [0.2, 0.25) is 0 Å². The van der Waals surface area contributed by atoms with Crippen LogP contribution >= 0.6 is 8.60 Å². The number of nitrogens with one attached hydrogen (secondary N) is 1. The molecule has 13 heteroatoms. The van der Waals surface area contributed by atoms with E-state index >= 15 is 0 Å². The SMILES string of the molecule is CCCCCC(=O)OC[C@H](COP(OC[C@H](NC(=O)OCc1ccccc1)C(=O)OCc1ccccc1)Oc1ccccc1)OC(=O)CCCCC. The van der Waals surface area contributed by atoms with Gasteiger partial charge in [0.2, 0.25) is 0 Å². The highest BCUT2D eigenvalue weighted by atomic mass is 31.2. The van der Waals surface area contributed by atoms with Gasteiger partial charge in [0.1, 0.15) is 25.6 Å². The summed E-state index contributed by atoms with van der Waals surface area (Å²) in [5.74, 6) is -1.22. The van der Waals surface area contributed by atoms with E-state index in [1.165, 1.54) is 0 Å². The number of carbonyl (C=O) groups is 4. The van der Waals surface area contributed by atoms with Gasteiger partial charge in [-0.15, -0.1) is 0 Å². The average Bonchev–Trinajstić information content (AvgIpc) is 3.16. The molecule has 1 unspecified atom stereocenters. The third-order valence-corrected chi connectivity index (χ3v) is 8.43. The second kappa shape index (κ2) is 25.4. The fourth-order valence-electron chi connectivity index (χ4n) is 4.50. The van der Waals surface area contributed by atoms with Crippen molar-refractivity contribution in [3.63, 3.8) is 0 Å². The predicted molar refractivity (Wildman–Crippen MR) is 195 cm³/mol. The molecular weight excluding hydrogens is 689 g/mol. The van der Waals surface area contributed by atoms with Gasteiger partial charge in [0, 0.05) is 12.8 Å². The Bertz CT molecular complexity index is 1450. The van der Waals surface area contributed by atoms with Crippen molar-refractivity contribution in [3.05, 3.63) is 102 Å². The second-order valence-corrected chi connectivity index (χ2v) is 12.9. The zero-order chi connectivity index (χ0) is 37.2. The third-order valence-electron chi connectivity index (χ3n) is 7.35. The monoisotopic (exact) mass is 739 g/mol. The maximum Gasteiger partial charge on any atom is 0.408 e. The normalized spacial score (nSPS) is 12.5. The quantitative estimate of drug-likeness (QED) is 0.0391. The zero-order valence-corrected chi connectivity index (χ0v) is 30.8. The predicted octanol–water partition coefficient (Wildman–Crippen LogP) is 7.98. The molecule has 0 saturated heterocycles. The molecule has 0 bridgehead atoms. The topological polar surface area (TPSA) is 145 Å². The summed E-state index contributed by atoms with van der Waals surface area (Å²) in [7, 11) is -2.26. The Morgan fingerprint density at radius 1 is 0.615 bits per heavy atom. The van der Waals surface area contributed by atoms with Crippen molar-refractivity contribution in [2.24, 2.45) is 0 Å². The van der Waals surface area contributed by atoms with Crippen LogP contribution in [0, 0.1) is 0 Å². The minimum Gasteiger partial charge on any atom is -0.462 e. The highest BCUT2D eigenvalue weighted by molar-refractivity contribution is 7.42. The lowest BCUT2D eigenvalue weighted by molar-refractivity contribution is -0.161. The van der Waals surface area contributed by atoms with Gasteiger partial charge in [-0.05, 0) is 36.1 Å². The maximum absolute atomic E-state index is 13.3. The van der Waals surface area contributed by atoms with Crippen LogP contribution in [-0.2, 0) is 55.6 Å². The molecule has 1 amide bonds. The number of hydrogen-bond acceptors (Lipinski definition) is 11. The van der Waals surface area contributed by atoms with Crippen molar-refractivity contribution in [3.8, 4) is 5.75 Å². The minimum atomic E-state index is -2.26. The van der Waals surface area contributed by atoms with Crippen LogP contribution in [0.4, 0.5) is 4.79 Å². The molecule has 0 aliphatic heterocycles. The first-order valence-electron chi connectivity index (χ1n) is 17.7. The van der Waals surface area contributed by atoms with Crippen LogP contribution < -0.4 is 9.84 Å². The molecule has 1 N–H and O–H groups in total. The number of benzene rings is 3. The van der Waals surface area contributed by atoms with Gasteiger partial charge in [-0.1, -0.05) is 118 Å². The van der Waals surface area contributed by atoms with Gasteiger partial charge in [-0.3, -0.25) is 18.6 Å². The van der Waals surface area contributed by atoms with E-state index < -0.39 is 51.4 Å². The molecule has 0 fully saturated rings. The molecule has 3 aromatic carbocycles. The highest BCUT2D eigenvalue weighted by Crippen LogP contribution is 2.41. The molecule has 0 saturated carbocycles. The molecule has 3 atom stereocenters. The van der Waals surface area contributed by atoms with Crippen molar-refractivity contribution in [2.45, 2.75) is 90.6 Å². The first-order valence-corrected chi connectivity index (χ1v) is 18.8. The molecule has 282 valence electrons. The van der Waals surface area contributed by atoms with E-state index in [1.807, 2.05) is 56.3 Å². The van der Waals surface area contributed by atoms with Crippen LogP contribution in [0.3, 0.4) is 0 Å². The molecule has 0 radical (unpaired) electrons. The minimum absolute atomic E-state index is 0.0199.